The van der Waals surface area contributed by atoms with Crippen molar-refractivity contribution >= 4 is 22.5 Å². The molecule has 196 valence electrons. The number of benzene rings is 4. The third-order valence-corrected chi connectivity index (χ3v) is 6.68. The molecule has 40 heavy (non-hydrogen) atoms. The lowest BCUT2D eigenvalue weighted by atomic mass is 10.2. The average molecular weight is 526 g/mol. The minimum Gasteiger partial charge on any atom is -0.380 e. The van der Waals surface area contributed by atoms with Crippen LogP contribution in [0, 0.1) is 0 Å². The maximum absolute atomic E-state index is 14.1. The molecule has 2 N–H and O–H groups in total. The summed E-state index contributed by atoms with van der Waals surface area (Å²) in [6, 6.07) is 40.0. The van der Waals surface area contributed by atoms with Crippen LogP contribution in [0.25, 0.3) is 22.4 Å². The van der Waals surface area contributed by atoms with Crippen LogP contribution in [0.2, 0.25) is 0 Å². The molecule has 0 aliphatic rings. The summed E-state index contributed by atoms with van der Waals surface area (Å²) >= 11 is 0. The number of anilines is 2. The number of fused-ring (bicyclic) bond motifs is 1. The Hall–Kier alpha value is -5.43. The van der Waals surface area contributed by atoms with Crippen LogP contribution >= 0.6 is 0 Å². The van der Waals surface area contributed by atoms with Gasteiger partial charge in [-0.3, -0.25) is 4.79 Å². The number of rotatable bonds is 8. The second-order valence-electron chi connectivity index (χ2n) is 9.36. The summed E-state index contributed by atoms with van der Waals surface area (Å²) in [7, 11) is 0. The van der Waals surface area contributed by atoms with Gasteiger partial charge in [-0.1, -0.05) is 97.1 Å². The number of para-hydroxylation sites is 2. The van der Waals surface area contributed by atoms with Crippen molar-refractivity contribution in [2.75, 3.05) is 10.6 Å². The van der Waals surface area contributed by atoms with Crippen molar-refractivity contribution in [2.45, 2.75) is 13.1 Å². The Morgan fingerprint density at radius 2 is 1.05 bits per heavy atom. The van der Waals surface area contributed by atoms with Gasteiger partial charge < -0.3 is 10.6 Å². The standard InChI is InChI=1S/C33H27N5O2/c39-32-30-28(34-22-24-13-5-1-6-14-24)21-29(35-23-25-15-7-2-8-16-25)36-31(30)37(26-17-9-3-10-18-26)33(40)38(32)27-19-11-4-12-20-27/h1-21H,22-23H2,(H2,34,35,36). The van der Waals surface area contributed by atoms with E-state index in [-0.39, 0.29) is 5.65 Å². The lowest BCUT2D eigenvalue weighted by Gasteiger charge is -2.18. The van der Waals surface area contributed by atoms with Gasteiger partial charge in [-0.15, -0.1) is 0 Å². The van der Waals surface area contributed by atoms with Crippen molar-refractivity contribution in [1.82, 2.24) is 14.1 Å². The van der Waals surface area contributed by atoms with Crippen LogP contribution in [0.4, 0.5) is 11.5 Å². The van der Waals surface area contributed by atoms with E-state index in [4.69, 9.17) is 4.98 Å². The Labute approximate surface area is 231 Å². The van der Waals surface area contributed by atoms with Crippen molar-refractivity contribution in [2.24, 2.45) is 0 Å². The molecule has 0 fully saturated rings. The normalized spacial score (nSPS) is 10.9. The zero-order valence-electron chi connectivity index (χ0n) is 21.7. The van der Waals surface area contributed by atoms with Gasteiger partial charge in [-0.25, -0.2) is 18.9 Å². The van der Waals surface area contributed by atoms with Crippen molar-refractivity contribution in [3.05, 3.63) is 159 Å². The van der Waals surface area contributed by atoms with E-state index in [0.29, 0.717) is 41.4 Å². The van der Waals surface area contributed by atoms with E-state index < -0.39 is 11.2 Å². The van der Waals surface area contributed by atoms with E-state index in [0.717, 1.165) is 11.1 Å². The third-order valence-electron chi connectivity index (χ3n) is 6.68. The highest BCUT2D eigenvalue weighted by molar-refractivity contribution is 5.91. The number of pyridine rings is 1. The molecule has 0 aliphatic heterocycles. The first-order valence-electron chi connectivity index (χ1n) is 13.1. The fourth-order valence-electron chi connectivity index (χ4n) is 4.72. The van der Waals surface area contributed by atoms with Gasteiger partial charge in [0.15, 0.2) is 5.65 Å². The van der Waals surface area contributed by atoms with E-state index in [1.165, 1.54) is 9.13 Å². The quantitative estimate of drug-likeness (QED) is 0.264. The zero-order chi connectivity index (χ0) is 27.3. The monoisotopic (exact) mass is 525 g/mol. The number of aromatic nitrogens is 3. The van der Waals surface area contributed by atoms with Crippen LogP contribution in [0.3, 0.4) is 0 Å². The Morgan fingerprint density at radius 3 is 1.60 bits per heavy atom. The molecule has 0 unspecified atom stereocenters. The maximum atomic E-state index is 14.1. The highest BCUT2D eigenvalue weighted by Gasteiger charge is 2.21. The van der Waals surface area contributed by atoms with E-state index >= 15 is 0 Å². The first kappa shape index (κ1) is 24.9. The van der Waals surface area contributed by atoms with Crippen LogP contribution in [0.15, 0.2) is 137 Å². The van der Waals surface area contributed by atoms with Crippen molar-refractivity contribution in [3.63, 3.8) is 0 Å². The molecule has 2 heterocycles. The molecule has 0 aliphatic carbocycles. The number of hydrogen-bond acceptors (Lipinski definition) is 5. The summed E-state index contributed by atoms with van der Waals surface area (Å²) in [5.74, 6) is 0.549. The predicted molar refractivity (Wildman–Crippen MR) is 160 cm³/mol. The summed E-state index contributed by atoms with van der Waals surface area (Å²) < 4.78 is 2.72. The molecule has 7 heteroatoms. The average Bonchev–Trinajstić information content (AvgIpc) is 3.01. The zero-order valence-corrected chi connectivity index (χ0v) is 21.7. The number of nitrogens with one attached hydrogen (secondary N) is 2. The topological polar surface area (TPSA) is 81.0 Å². The van der Waals surface area contributed by atoms with E-state index in [2.05, 4.69) is 10.6 Å². The summed E-state index contributed by atoms with van der Waals surface area (Å²) in [5, 5.41) is 7.16. The highest BCUT2D eigenvalue weighted by Crippen LogP contribution is 2.25. The second kappa shape index (κ2) is 11.1. The Morgan fingerprint density at radius 1 is 0.575 bits per heavy atom. The molecular formula is C33H27N5O2. The summed E-state index contributed by atoms with van der Waals surface area (Å²) in [5.41, 5.74) is 3.20. The molecule has 7 nitrogen and oxygen atoms in total. The fraction of sp³-hybridized carbons (Fsp3) is 0.0606. The molecule has 0 spiro atoms. The maximum Gasteiger partial charge on any atom is 0.341 e. The molecule has 0 bridgehead atoms. The van der Waals surface area contributed by atoms with Crippen LogP contribution in [-0.4, -0.2) is 14.1 Å². The number of hydrogen-bond donors (Lipinski definition) is 2. The predicted octanol–water partition coefficient (Wildman–Crippen LogP) is 5.76. The van der Waals surface area contributed by atoms with Crippen LogP contribution in [0.5, 0.6) is 0 Å². The van der Waals surface area contributed by atoms with E-state index in [9.17, 15) is 9.59 Å². The van der Waals surface area contributed by atoms with Gasteiger partial charge in [0.25, 0.3) is 5.56 Å². The van der Waals surface area contributed by atoms with Gasteiger partial charge in [-0.2, -0.15) is 0 Å². The van der Waals surface area contributed by atoms with Crippen LogP contribution < -0.4 is 21.9 Å². The van der Waals surface area contributed by atoms with Crippen molar-refractivity contribution < 1.29 is 0 Å². The first-order valence-corrected chi connectivity index (χ1v) is 13.1. The Kier molecular flexibility index (Phi) is 6.92. The van der Waals surface area contributed by atoms with Crippen LogP contribution in [0.1, 0.15) is 11.1 Å². The molecule has 0 saturated heterocycles. The Balaban J connectivity index is 1.60. The van der Waals surface area contributed by atoms with Crippen molar-refractivity contribution in [3.8, 4) is 11.4 Å². The van der Waals surface area contributed by atoms with Gasteiger partial charge in [0.2, 0.25) is 0 Å². The molecule has 6 rings (SSSR count). The van der Waals surface area contributed by atoms with E-state index in [1.807, 2.05) is 115 Å². The molecule has 2 aromatic heterocycles. The SMILES string of the molecule is O=c1c2c(NCc3ccccc3)cc(NCc3ccccc3)nc2n(-c2ccccc2)c(=O)n1-c1ccccc1. The smallest absolute Gasteiger partial charge is 0.341 e. The summed E-state index contributed by atoms with van der Waals surface area (Å²) in [6.07, 6.45) is 0. The molecular weight excluding hydrogens is 498 g/mol. The second-order valence-corrected chi connectivity index (χ2v) is 9.36. The number of nitrogens with zero attached hydrogens (tertiary/aromatic N) is 3. The third kappa shape index (κ3) is 5.00. The van der Waals surface area contributed by atoms with Crippen LogP contribution in [-0.2, 0) is 13.1 Å². The molecule has 4 aromatic carbocycles. The van der Waals surface area contributed by atoms with Crippen molar-refractivity contribution in [1.29, 1.82) is 0 Å². The molecule has 0 radical (unpaired) electrons. The fourth-order valence-corrected chi connectivity index (χ4v) is 4.72. The first-order chi connectivity index (χ1) is 19.7. The molecule has 6 aromatic rings. The minimum absolute atomic E-state index is 0.280. The molecule has 0 atom stereocenters. The molecule has 0 saturated carbocycles. The lowest BCUT2D eigenvalue weighted by molar-refractivity contribution is 0.826. The Bertz CT molecular complexity index is 1870. The van der Waals surface area contributed by atoms with Gasteiger partial charge in [0.1, 0.15) is 11.2 Å². The summed E-state index contributed by atoms with van der Waals surface area (Å²) in [4.78, 5) is 33.0. The summed E-state index contributed by atoms with van der Waals surface area (Å²) in [6.45, 7) is 1.03. The lowest BCUT2D eigenvalue weighted by Crippen LogP contribution is -2.39. The highest BCUT2D eigenvalue weighted by atomic mass is 16.2. The van der Waals surface area contributed by atoms with Gasteiger partial charge >= 0.3 is 5.69 Å². The van der Waals surface area contributed by atoms with Gasteiger partial charge in [0.05, 0.1) is 17.1 Å². The van der Waals surface area contributed by atoms with Gasteiger partial charge in [-0.05, 0) is 35.4 Å². The minimum atomic E-state index is -0.489. The largest absolute Gasteiger partial charge is 0.380 e. The van der Waals surface area contributed by atoms with E-state index in [1.54, 1.807) is 12.1 Å². The molecule has 0 amide bonds. The van der Waals surface area contributed by atoms with Gasteiger partial charge in [0, 0.05) is 19.2 Å².